The summed E-state index contributed by atoms with van der Waals surface area (Å²) in [7, 11) is 0. The van der Waals surface area contributed by atoms with Gasteiger partial charge in [0, 0.05) is 23.1 Å². The topological polar surface area (TPSA) is 74.8 Å². The van der Waals surface area contributed by atoms with E-state index in [0.29, 0.717) is 17.2 Å². The fraction of sp³-hybridized carbons (Fsp3) is 0.238. The highest BCUT2D eigenvalue weighted by Crippen LogP contribution is 2.32. The number of carbonyl (C=O) groups excluding carboxylic acids is 1. The molecule has 4 aromatic rings. The van der Waals surface area contributed by atoms with Gasteiger partial charge < -0.3 is 9.88 Å². The molecule has 28 heavy (non-hydrogen) atoms. The Hall–Kier alpha value is -2.93. The molecule has 1 amide bonds. The average molecular weight is 389 g/mol. The zero-order chi connectivity index (χ0) is 19.1. The van der Waals surface area contributed by atoms with Gasteiger partial charge in [-0.25, -0.2) is 4.98 Å². The zero-order valence-electron chi connectivity index (χ0n) is 15.4. The maximum Gasteiger partial charge on any atom is 0.240 e. The van der Waals surface area contributed by atoms with E-state index < -0.39 is 0 Å². The Balaban J connectivity index is 1.42. The molecule has 0 aliphatic carbocycles. The smallest absolute Gasteiger partial charge is 0.240 e. The Morgan fingerprint density at radius 1 is 1.18 bits per heavy atom. The number of carbonyl (C=O) groups is 1. The fourth-order valence-electron chi connectivity index (χ4n) is 3.73. The maximum absolute atomic E-state index is 13.2. The Labute approximate surface area is 166 Å². The van der Waals surface area contributed by atoms with Gasteiger partial charge in [-0.05, 0) is 30.5 Å². The number of thioether (sulfide) groups is 1. The molecule has 1 aliphatic rings. The van der Waals surface area contributed by atoms with Gasteiger partial charge in [-0.1, -0.05) is 55.1 Å². The van der Waals surface area contributed by atoms with Gasteiger partial charge in [0.05, 0.1) is 5.25 Å². The van der Waals surface area contributed by atoms with E-state index in [1.54, 1.807) is 0 Å². The number of fused-ring (bicyclic) bond motifs is 4. The molecule has 1 unspecified atom stereocenters. The normalized spacial score (nSPS) is 14.5. The molecule has 0 radical (unpaired) electrons. The Morgan fingerprint density at radius 2 is 2.00 bits per heavy atom. The van der Waals surface area contributed by atoms with Crippen molar-refractivity contribution in [3.05, 3.63) is 54.1 Å². The van der Waals surface area contributed by atoms with Gasteiger partial charge in [-0.15, -0.1) is 10.2 Å². The van der Waals surface area contributed by atoms with E-state index in [9.17, 15) is 4.79 Å². The lowest BCUT2D eigenvalue weighted by atomic mass is 10.2. The van der Waals surface area contributed by atoms with Gasteiger partial charge in [0.2, 0.25) is 11.1 Å². The van der Waals surface area contributed by atoms with Crippen molar-refractivity contribution >= 4 is 45.4 Å². The molecule has 6 nitrogen and oxygen atoms in total. The summed E-state index contributed by atoms with van der Waals surface area (Å²) in [5, 5.41) is 9.93. The molecule has 0 fully saturated rings. The van der Waals surface area contributed by atoms with E-state index in [1.807, 2.05) is 54.3 Å². The molecule has 5 rings (SSSR count). The van der Waals surface area contributed by atoms with Crippen molar-refractivity contribution < 1.29 is 4.79 Å². The number of amides is 1. The van der Waals surface area contributed by atoms with Gasteiger partial charge in [0.15, 0.2) is 5.65 Å². The van der Waals surface area contributed by atoms with Crippen LogP contribution in [-0.4, -0.2) is 37.9 Å². The number of aromatic amines is 1. The highest BCUT2D eigenvalue weighted by molar-refractivity contribution is 8.00. The van der Waals surface area contributed by atoms with Crippen LogP contribution in [-0.2, 0) is 11.2 Å². The summed E-state index contributed by atoms with van der Waals surface area (Å²) in [6.07, 6.45) is 1.61. The summed E-state index contributed by atoms with van der Waals surface area (Å²) < 4.78 is 0. The number of benzene rings is 2. The minimum atomic E-state index is -0.241. The van der Waals surface area contributed by atoms with Gasteiger partial charge >= 0.3 is 0 Å². The maximum atomic E-state index is 13.2. The van der Waals surface area contributed by atoms with Crippen LogP contribution in [0.2, 0.25) is 0 Å². The second-order valence-electron chi connectivity index (χ2n) is 6.85. The minimum Gasteiger partial charge on any atom is -0.338 e. The predicted octanol–water partition coefficient (Wildman–Crippen LogP) is 3.97. The SMILES string of the molecule is CCC(Sc1nnc2c(n1)[nH]c1ccccc12)C(=O)N1CCc2ccccc21. The van der Waals surface area contributed by atoms with Crippen molar-refractivity contribution in [2.75, 3.05) is 11.4 Å². The van der Waals surface area contributed by atoms with Crippen LogP contribution in [0.4, 0.5) is 5.69 Å². The standard InChI is InChI=1S/C21H19N5OS/c1-2-17(20(27)26-12-11-13-7-3-6-10-16(13)26)28-21-23-19-18(24-25-21)14-8-4-5-9-15(14)22-19/h3-10,17H,2,11-12H2,1H3,(H,22,23,25). The number of hydrogen-bond donors (Lipinski definition) is 1. The van der Waals surface area contributed by atoms with Gasteiger partial charge in [-0.2, -0.15) is 0 Å². The molecule has 7 heteroatoms. The number of aromatic nitrogens is 4. The summed E-state index contributed by atoms with van der Waals surface area (Å²) in [5.74, 6) is 0.109. The summed E-state index contributed by atoms with van der Waals surface area (Å²) in [6.45, 7) is 2.75. The molecule has 3 heterocycles. The monoisotopic (exact) mass is 389 g/mol. The third-order valence-corrected chi connectivity index (χ3v) is 6.35. The van der Waals surface area contributed by atoms with Gasteiger partial charge in [-0.3, -0.25) is 4.79 Å². The number of hydrogen-bond acceptors (Lipinski definition) is 5. The molecule has 0 bridgehead atoms. The van der Waals surface area contributed by atoms with Crippen molar-refractivity contribution in [3.63, 3.8) is 0 Å². The highest BCUT2D eigenvalue weighted by atomic mass is 32.2. The number of rotatable bonds is 4. The third kappa shape index (κ3) is 2.82. The lowest BCUT2D eigenvalue weighted by molar-refractivity contribution is -0.118. The number of para-hydroxylation sites is 2. The Kier molecular flexibility index (Phi) is 4.24. The molecule has 1 atom stereocenters. The van der Waals surface area contributed by atoms with E-state index in [2.05, 4.69) is 26.2 Å². The van der Waals surface area contributed by atoms with Gasteiger partial charge in [0.25, 0.3) is 0 Å². The number of nitrogens with zero attached hydrogens (tertiary/aromatic N) is 4. The Bertz CT molecular complexity index is 1190. The molecular weight excluding hydrogens is 370 g/mol. The van der Waals surface area contributed by atoms with Crippen molar-refractivity contribution in [2.24, 2.45) is 0 Å². The summed E-state index contributed by atoms with van der Waals surface area (Å²) in [4.78, 5) is 23.0. The molecule has 0 spiro atoms. The number of H-pyrrole nitrogens is 1. The first kappa shape index (κ1) is 17.2. The second-order valence-corrected chi connectivity index (χ2v) is 8.02. The van der Waals surface area contributed by atoms with Crippen LogP contribution in [0.1, 0.15) is 18.9 Å². The first-order valence-corrected chi connectivity index (χ1v) is 10.3. The van der Waals surface area contributed by atoms with E-state index in [1.165, 1.54) is 17.3 Å². The highest BCUT2D eigenvalue weighted by Gasteiger charge is 2.30. The lowest BCUT2D eigenvalue weighted by Gasteiger charge is -2.22. The van der Waals surface area contributed by atoms with Crippen molar-refractivity contribution in [1.82, 2.24) is 20.2 Å². The minimum absolute atomic E-state index is 0.109. The van der Waals surface area contributed by atoms with Crippen molar-refractivity contribution in [1.29, 1.82) is 0 Å². The molecule has 0 saturated heterocycles. The van der Waals surface area contributed by atoms with E-state index in [4.69, 9.17) is 0 Å². The zero-order valence-corrected chi connectivity index (χ0v) is 16.2. The van der Waals surface area contributed by atoms with E-state index in [0.717, 1.165) is 35.1 Å². The number of anilines is 1. The fourth-order valence-corrected chi connectivity index (χ4v) is 4.61. The molecule has 1 N–H and O–H groups in total. The summed E-state index contributed by atoms with van der Waals surface area (Å²) in [5.41, 5.74) is 4.70. The van der Waals surface area contributed by atoms with Crippen LogP contribution >= 0.6 is 11.8 Å². The molecular formula is C21H19N5OS. The van der Waals surface area contributed by atoms with E-state index in [-0.39, 0.29) is 11.2 Å². The third-order valence-electron chi connectivity index (χ3n) is 5.15. The van der Waals surface area contributed by atoms with Crippen LogP contribution < -0.4 is 4.90 Å². The lowest BCUT2D eigenvalue weighted by Crippen LogP contribution is -2.36. The van der Waals surface area contributed by atoms with Crippen molar-refractivity contribution in [2.45, 2.75) is 30.2 Å². The van der Waals surface area contributed by atoms with Crippen LogP contribution in [0.15, 0.2) is 53.7 Å². The quantitative estimate of drug-likeness (QED) is 0.535. The first-order valence-electron chi connectivity index (χ1n) is 9.41. The van der Waals surface area contributed by atoms with Crippen LogP contribution in [0.25, 0.3) is 22.1 Å². The van der Waals surface area contributed by atoms with Crippen LogP contribution in [0.5, 0.6) is 0 Å². The summed E-state index contributed by atoms with van der Waals surface area (Å²) in [6, 6.07) is 16.1. The molecule has 140 valence electrons. The second kappa shape index (κ2) is 6.91. The molecule has 2 aromatic heterocycles. The van der Waals surface area contributed by atoms with E-state index >= 15 is 0 Å². The van der Waals surface area contributed by atoms with Crippen LogP contribution in [0.3, 0.4) is 0 Å². The largest absolute Gasteiger partial charge is 0.338 e. The predicted molar refractivity (Wildman–Crippen MR) is 112 cm³/mol. The molecule has 1 aliphatic heterocycles. The Morgan fingerprint density at radius 3 is 2.89 bits per heavy atom. The van der Waals surface area contributed by atoms with Crippen molar-refractivity contribution in [3.8, 4) is 0 Å². The van der Waals surface area contributed by atoms with Gasteiger partial charge in [0.1, 0.15) is 5.52 Å². The first-order chi connectivity index (χ1) is 13.7. The average Bonchev–Trinajstić information content (AvgIpc) is 3.32. The molecule has 0 saturated carbocycles. The van der Waals surface area contributed by atoms with Crippen LogP contribution in [0, 0.1) is 0 Å². The molecule has 2 aromatic carbocycles. The number of nitrogens with one attached hydrogen (secondary N) is 1. The summed E-state index contributed by atoms with van der Waals surface area (Å²) >= 11 is 1.39.